The van der Waals surface area contributed by atoms with Gasteiger partial charge >= 0.3 is 0 Å². The first-order valence-corrected chi connectivity index (χ1v) is 8.80. The largest absolute Gasteiger partial charge is 0.497 e. The van der Waals surface area contributed by atoms with Crippen molar-refractivity contribution in [2.24, 2.45) is 0 Å². The molecule has 0 aliphatic carbocycles. The van der Waals surface area contributed by atoms with Crippen LogP contribution >= 0.6 is 11.3 Å². The smallest absolute Gasteiger partial charge is 0.118 e. The van der Waals surface area contributed by atoms with Crippen LogP contribution in [0.3, 0.4) is 0 Å². The molecule has 2 aromatic carbocycles. The van der Waals surface area contributed by atoms with Crippen molar-refractivity contribution in [2.45, 2.75) is 19.8 Å². The zero-order chi connectivity index (χ0) is 15.8. The van der Waals surface area contributed by atoms with Crippen LogP contribution in [0.25, 0.3) is 32.2 Å². The van der Waals surface area contributed by atoms with E-state index in [0.717, 1.165) is 18.6 Å². The fraction of sp³-hybridized carbons (Fsp3) is 0.200. The molecule has 2 aromatic heterocycles. The first kappa shape index (κ1) is 14.3. The third-order valence-corrected chi connectivity index (χ3v) is 5.45. The second-order valence-electron chi connectivity index (χ2n) is 5.75. The highest BCUT2D eigenvalue weighted by Gasteiger charge is 2.17. The van der Waals surface area contributed by atoms with Crippen LogP contribution in [0.2, 0.25) is 0 Å². The number of nitrogens with one attached hydrogen (secondary N) is 1. The van der Waals surface area contributed by atoms with Gasteiger partial charge in [0.25, 0.3) is 0 Å². The van der Waals surface area contributed by atoms with Gasteiger partial charge in [-0.25, -0.2) is 0 Å². The maximum Gasteiger partial charge on any atom is 0.118 e. The summed E-state index contributed by atoms with van der Waals surface area (Å²) in [7, 11) is 1.71. The van der Waals surface area contributed by atoms with Crippen LogP contribution < -0.4 is 4.74 Å². The molecule has 0 amide bonds. The van der Waals surface area contributed by atoms with Gasteiger partial charge in [-0.15, -0.1) is 11.3 Å². The first-order valence-electron chi connectivity index (χ1n) is 7.98. The molecule has 0 atom stereocenters. The minimum Gasteiger partial charge on any atom is -0.497 e. The molecule has 0 fully saturated rings. The van der Waals surface area contributed by atoms with Crippen molar-refractivity contribution in [3.8, 4) is 16.9 Å². The van der Waals surface area contributed by atoms with Crippen molar-refractivity contribution >= 4 is 32.5 Å². The van der Waals surface area contributed by atoms with Gasteiger partial charge in [0.2, 0.25) is 0 Å². The summed E-state index contributed by atoms with van der Waals surface area (Å²) in [6.07, 6.45) is 2.27. The molecule has 0 aliphatic rings. The van der Waals surface area contributed by atoms with E-state index in [9.17, 15) is 0 Å². The number of hydrogen-bond acceptors (Lipinski definition) is 2. The third kappa shape index (κ3) is 2.32. The third-order valence-electron chi connectivity index (χ3n) is 4.28. The topological polar surface area (TPSA) is 25.0 Å². The normalized spacial score (nSPS) is 11.4. The van der Waals surface area contributed by atoms with Crippen molar-refractivity contribution in [3.63, 3.8) is 0 Å². The zero-order valence-electron chi connectivity index (χ0n) is 13.3. The number of methoxy groups -OCH3 is 1. The molecule has 0 saturated heterocycles. The van der Waals surface area contributed by atoms with Crippen molar-refractivity contribution in [3.05, 3.63) is 53.4 Å². The van der Waals surface area contributed by atoms with Gasteiger partial charge in [0.05, 0.1) is 7.11 Å². The molecule has 4 aromatic rings. The number of aromatic nitrogens is 1. The average molecular weight is 321 g/mol. The predicted octanol–water partition coefficient (Wildman–Crippen LogP) is 6.01. The summed E-state index contributed by atoms with van der Waals surface area (Å²) < 4.78 is 5.30. The SMILES string of the molecule is CCCc1sc2[nH]c3ccccc3c2c1-c1ccc(OC)cc1. The van der Waals surface area contributed by atoms with Gasteiger partial charge in [-0.3, -0.25) is 0 Å². The fourth-order valence-corrected chi connectivity index (χ4v) is 4.57. The van der Waals surface area contributed by atoms with E-state index in [0.29, 0.717) is 0 Å². The minimum atomic E-state index is 0.899. The van der Waals surface area contributed by atoms with Gasteiger partial charge in [0.15, 0.2) is 0 Å². The van der Waals surface area contributed by atoms with Gasteiger partial charge in [0, 0.05) is 26.7 Å². The Morgan fingerprint density at radius 1 is 1.04 bits per heavy atom. The van der Waals surface area contributed by atoms with E-state index >= 15 is 0 Å². The number of aryl methyl sites for hydroxylation is 1. The molecule has 2 nitrogen and oxygen atoms in total. The lowest BCUT2D eigenvalue weighted by atomic mass is 10.00. The van der Waals surface area contributed by atoms with Crippen LogP contribution in [0, 0.1) is 0 Å². The average Bonchev–Trinajstić information content (AvgIpc) is 3.11. The van der Waals surface area contributed by atoms with E-state index in [1.54, 1.807) is 7.11 Å². The molecule has 4 rings (SSSR count). The highest BCUT2D eigenvalue weighted by Crippen LogP contribution is 2.43. The Morgan fingerprint density at radius 3 is 2.57 bits per heavy atom. The molecule has 116 valence electrons. The van der Waals surface area contributed by atoms with E-state index in [2.05, 4.69) is 48.3 Å². The van der Waals surface area contributed by atoms with Gasteiger partial charge in [0.1, 0.15) is 10.6 Å². The first-order chi connectivity index (χ1) is 11.3. The maximum atomic E-state index is 5.30. The van der Waals surface area contributed by atoms with Crippen molar-refractivity contribution in [1.29, 1.82) is 0 Å². The monoisotopic (exact) mass is 321 g/mol. The van der Waals surface area contributed by atoms with E-state index in [-0.39, 0.29) is 0 Å². The molecule has 0 radical (unpaired) electrons. The van der Waals surface area contributed by atoms with Crippen LogP contribution in [0.5, 0.6) is 5.75 Å². The molecule has 0 saturated carbocycles. The fourth-order valence-electron chi connectivity index (χ4n) is 3.22. The Kier molecular flexibility index (Phi) is 3.58. The summed E-state index contributed by atoms with van der Waals surface area (Å²) in [5.41, 5.74) is 3.86. The predicted molar refractivity (Wildman–Crippen MR) is 99.7 cm³/mol. The van der Waals surface area contributed by atoms with Crippen LogP contribution in [0.1, 0.15) is 18.2 Å². The Labute approximate surface area is 139 Å². The van der Waals surface area contributed by atoms with Crippen LogP contribution in [-0.2, 0) is 6.42 Å². The van der Waals surface area contributed by atoms with Crippen molar-refractivity contribution in [2.75, 3.05) is 7.11 Å². The zero-order valence-corrected chi connectivity index (χ0v) is 14.2. The summed E-state index contributed by atoms with van der Waals surface area (Å²) in [5, 5.41) is 2.67. The molecule has 23 heavy (non-hydrogen) atoms. The lowest BCUT2D eigenvalue weighted by molar-refractivity contribution is 0.415. The highest BCUT2D eigenvalue weighted by molar-refractivity contribution is 7.19. The van der Waals surface area contributed by atoms with E-state index in [1.165, 1.54) is 37.1 Å². The van der Waals surface area contributed by atoms with Gasteiger partial charge < -0.3 is 9.72 Å². The summed E-state index contributed by atoms with van der Waals surface area (Å²) in [6, 6.07) is 17.0. The number of hydrogen-bond donors (Lipinski definition) is 1. The molecular weight excluding hydrogens is 302 g/mol. The number of ether oxygens (including phenoxy) is 1. The Balaban J connectivity index is 2.01. The van der Waals surface area contributed by atoms with E-state index in [1.807, 2.05) is 23.5 Å². The Morgan fingerprint density at radius 2 is 1.83 bits per heavy atom. The second kappa shape index (κ2) is 5.74. The number of rotatable bonds is 4. The lowest BCUT2D eigenvalue weighted by Gasteiger charge is -2.06. The second-order valence-corrected chi connectivity index (χ2v) is 6.86. The standard InChI is InChI=1S/C20H19NOS/c1-3-6-17-18(13-9-11-14(22-2)12-10-13)19-15-7-4-5-8-16(15)21-20(19)23-17/h4-5,7-12,21H,3,6H2,1-2H3. The van der Waals surface area contributed by atoms with Crippen molar-refractivity contribution < 1.29 is 4.74 Å². The number of thiophene rings is 1. The maximum absolute atomic E-state index is 5.30. The molecule has 2 heterocycles. The number of para-hydroxylation sites is 1. The number of fused-ring (bicyclic) bond motifs is 3. The van der Waals surface area contributed by atoms with Crippen LogP contribution in [0.15, 0.2) is 48.5 Å². The summed E-state index contributed by atoms with van der Waals surface area (Å²) in [5.74, 6) is 0.899. The number of aromatic amines is 1. The molecule has 0 spiro atoms. The van der Waals surface area contributed by atoms with Crippen LogP contribution in [0.4, 0.5) is 0 Å². The Bertz CT molecular complexity index is 963. The van der Waals surface area contributed by atoms with Crippen molar-refractivity contribution in [1.82, 2.24) is 4.98 Å². The quantitative estimate of drug-likeness (QED) is 0.489. The van der Waals surface area contributed by atoms with Gasteiger partial charge in [-0.1, -0.05) is 43.7 Å². The summed E-state index contributed by atoms with van der Waals surface area (Å²) >= 11 is 1.89. The molecule has 1 N–H and O–H groups in total. The summed E-state index contributed by atoms with van der Waals surface area (Å²) in [6.45, 7) is 2.24. The van der Waals surface area contributed by atoms with Gasteiger partial charge in [-0.05, 0) is 30.2 Å². The minimum absolute atomic E-state index is 0.899. The molecule has 0 aliphatic heterocycles. The molecule has 3 heteroatoms. The molecular formula is C20H19NOS. The molecule has 0 bridgehead atoms. The van der Waals surface area contributed by atoms with E-state index in [4.69, 9.17) is 4.74 Å². The number of benzene rings is 2. The Hall–Kier alpha value is -2.26. The molecule has 0 unspecified atom stereocenters. The van der Waals surface area contributed by atoms with Crippen LogP contribution in [-0.4, -0.2) is 12.1 Å². The van der Waals surface area contributed by atoms with Gasteiger partial charge in [-0.2, -0.15) is 0 Å². The van der Waals surface area contributed by atoms with E-state index < -0.39 is 0 Å². The highest BCUT2D eigenvalue weighted by atomic mass is 32.1. The lowest BCUT2D eigenvalue weighted by Crippen LogP contribution is -1.86. The summed E-state index contributed by atoms with van der Waals surface area (Å²) in [4.78, 5) is 6.32. The number of H-pyrrole nitrogens is 1.